The minimum atomic E-state index is -0.302. The summed E-state index contributed by atoms with van der Waals surface area (Å²) in [5, 5.41) is 11.0. The van der Waals surface area contributed by atoms with E-state index in [0.29, 0.717) is 38.5 Å². The number of fused-ring (bicyclic) bond motifs is 1. The number of anilines is 2. The van der Waals surface area contributed by atoms with E-state index in [0.717, 1.165) is 16.6 Å². The highest BCUT2D eigenvalue weighted by Crippen LogP contribution is 2.31. The van der Waals surface area contributed by atoms with Crippen LogP contribution in [0.4, 0.5) is 11.4 Å². The Balaban J connectivity index is 1.82. The molecule has 1 fully saturated rings. The van der Waals surface area contributed by atoms with Gasteiger partial charge in [-0.25, -0.2) is 0 Å². The molecule has 0 spiro atoms. The lowest BCUT2D eigenvalue weighted by molar-refractivity contribution is 0.0990. The van der Waals surface area contributed by atoms with Gasteiger partial charge in [-0.05, 0) is 37.3 Å². The molecular formula is C23H25N3O4. The molecule has 1 N–H and O–H groups in total. The first-order valence-electron chi connectivity index (χ1n) is 10.1. The average Bonchev–Trinajstić information content (AvgIpc) is 2.78. The number of para-hydroxylation sites is 1. The van der Waals surface area contributed by atoms with E-state index in [9.17, 15) is 14.7 Å². The third kappa shape index (κ3) is 3.52. The summed E-state index contributed by atoms with van der Waals surface area (Å²) in [6.45, 7) is 5.15. The number of carbonyl (C=O) groups is 1. The lowest BCUT2D eigenvalue weighted by atomic mass is 10.1. The van der Waals surface area contributed by atoms with Gasteiger partial charge in [0, 0.05) is 43.8 Å². The predicted octanol–water partition coefficient (Wildman–Crippen LogP) is 2.84. The number of carbonyl (C=O) groups excluding carboxylic acids is 1. The Morgan fingerprint density at radius 2 is 1.87 bits per heavy atom. The summed E-state index contributed by atoms with van der Waals surface area (Å²) in [6, 6.07) is 13.8. The molecule has 4 rings (SSSR count). The van der Waals surface area contributed by atoms with Gasteiger partial charge in [-0.2, -0.15) is 0 Å². The lowest BCUT2D eigenvalue weighted by Crippen LogP contribution is -2.37. The summed E-state index contributed by atoms with van der Waals surface area (Å²) >= 11 is 0. The van der Waals surface area contributed by atoms with E-state index >= 15 is 0 Å². The zero-order chi connectivity index (χ0) is 21.3. The number of hydrogen-bond acceptors (Lipinski definition) is 5. The predicted molar refractivity (Wildman–Crippen MR) is 118 cm³/mol. The number of morpholine rings is 1. The zero-order valence-corrected chi connectivity index (χ0v) is 17.2. The van der Waals surface area contributed by atoms with Gasteiger partial charge in [-0.3, -0.25) is 9.59 Å². The molecule has 7 nitrogen and oxygen atoms in total. The highest BCUT2D eigenvalue weighted by Gasteiger charge is 2.20. The molecule has 1 saturated heterocycles. The zero-order valence-electron chi connectivity index (χ0n) is 17.2. The SMILES string of the molecule is CCn1c(=O)cc(N2CCOCC2)c2cc(N(C)C(=O)c3ccccc3O)ccc21. The van der Waals surface area contributed by atoms with Crippen LogP contribution in [0.25, 0.3) is 10.9 Å². The molecule has 1 aromatic heterocycles. The first-order chi connectivity index (χ1) is 14.5. The van der Waals surface area contributed by atoms with Gasteiger partial charge in [0.25, 0.3) is 11.5 Å². The number of benzene rings is 2. The van der Waals surface area contributed by atoms with Crippen LogP contribution in [-0.4, -0.2) is 48.9 Å². The fourth-order valence-electron chi connectivity index (χ4n) is 3.91. The first kappa shape index (κ1) is 20.0. The quantitative estimate of drug-likeness (QED) is 0.720. The highest BCUT2D eigenvalue weighted by atomic mass is 16.5. The summed E-state index contributed by atoms with van der Waals surface area (Å²) in [5.74, 6) is -0.354. The van der Waals surface area contributed by atoms with Crippen molar-refractivity contribution in [2.75, 3.05) is 43.2 Å². The Morgan fingerprint density at radius 3 is 2.57 bits per heavy atom. The molecule has 156 valence electrons. The van der Waals surface area contributed by atoms with Crippen molar-refractivity contribution >= 4 is 28.2 Å². The van der Waals surface area contributed by atoms with Crippen LogP contribution in [0.3, 0.4) is 0 Å². The van der Waals surface area contributed by atoms with Crippen LogP contribution in [0.15, 0.2) is 53.3 Å². The van der Waals surface area contributed by atoms with Crippen molar-refractivity contribution in [2.24, 2.45) is 0 Å². The monoisotopic (exact) mass is 407 g/mol. The van der Waals surface area contributed by atoms with E-state index in [2.05, 4.69) is 4.90 Å². The van der Waals surface area contributed by atoms with Crippen LogP contribution >= 0.6 is 0 Å². The van der Waals surface area contributed by atoms with Crippen molar-refractivity contribution < 1.29 is 14.6 Å². The number of phenols is 1. The minimum Gasteiger partial charge on any atom is -0.507 e. The molecule has 0 unspecified atom stereocenters. The van der Waals surface area contributed by atoms with E-state index in [1.807, 2.05) is 25.1 Å². The summed E-state index contributed by atoms with van der Waals surface area (Å²) in [6.07, 6.45) is 0. The van der Waals surface area contributed by atoms with Crippen LogP contribution in [0.5, 0.6) is 5.75 Å². The maximum Gasteiger partial charge on any atom is 0.261 e. The standard InChI is InChI=1S/C23H25N3O4/c1-3-26-19-9-8-16(24(2)23(29)17-6-4-5-7-21(17)27)14-18(19)20(15-22(26)28)25-10-12-30-13-11-25/h4-9,14-15,27H,3,10-13H2,1-2H3. The molecule has 30 heavy (non-hydrogen) atoms. The van der Waals surface area contributed by atoms with Gasteiger partial charge in [0.15, 0.2) is 0 Å². The Bertz CT molecular complexity index is 1150. The molecule has 0 atom stereocenters. The van der Waals surface area contributed by atoms with E-state index in [1.165, 1.54) is 11.0 Å². The molecule has 1 aliphatic heterocycles. The van der Waals surface area contributed by atoms with Gasteiger partial charge in [0.2, 0.25) is 0 Å². The number of rotatable bonds is 4. The molecule has 0 bridgehead atoms. The number of nitrogens with zero attached hydrogens (tertiary/aromatic N) is 3. The average molecular weight is 407 g/mol. The molecule has 1 aliphatic rings. The van der Waals surface area contributed by atoms with E-state index < -0.39 is 0 Å². The highest BCUT2D eigenvalue weighted by molar-refractivity contribution is 6.08. The van der Waals surface area contributed by atoms with Gasteiger partial charge in [-0.1, -0.05) is 12.1 Å². The number of aryl methyl sites for hydroxylation is 1. The number of amides is 1. The van der Waals surface area contributed by atoms with Gasteiger partial charge >= 0.3 is 0 Å². The molecule has 7 heteroatoms. The van der Waals surface area contributed by atoms with Crippen LogP contribution in [0.2, 0.25) is 0 Å². The van der Waals surface area contributed by atoms with Crippen LogP contribution in [0, 0.1) is 0 Å². The van der Waals surface area contributed by atoms with Crippen molar-refractivity contribution in [3.8, 4) is 5.75 Å². The van der Waals surface area contributed by atoms with Crippen LogP contribution < -0.4 is 15.4 Å². The van der Waals surface area contributed by atoms with Gasteiger partial charge < -0.3 is 24.2 Å². The Kier molecular flexibility index (Phi) is 5.46. The molecule has 2 heterocycles. The van der Waals surface area contributed by atoms with E-state index in [-0.39, 0.29) is 22.8 Å². The second kappa shape index (κ2) is 8.20. The number of phenolic OH excluding ortho intramolecular Hbond substituents is 1. The van der Waals surface area contributed by atoms with Crippen molar-refractivity contribution in [3.05, 3.63) is 64.4 Å². The largest absolute Gasteiger partial charge is 0.507 e. The summed E-state index contributed by atoms with van der Waals surface area (Å²) < 4.78 is 7.19. The number of pyridine rings is 1. The first-order valence-corrected chi connectivity index (χ1v) is 10.1. The van der Waals surface area contributed by atoms with Gasteiger partial charge in [-0.15, -0.1) is 0 Å². The summed E-state index contributed by atoms with van der Waals surface area (Å²) in [7, 11) is 1.68. The van der Waals surface area contributed by atoms with E-state index in [1.54, 1.807) is 35.9 Å². The molecular weight excluding hydrogens is 382 g/mol. The van der Waals surface area contributed by atoms with Crippen molar-refractivity contribution in [3.63, 3.8) is 0 Å². The Morgan fingerprint density at radius 1 is 1.13 bits per heavy atom. The normalized spacial score (nSPS) is 14.1. The number of ether oxygens (including phenoxy) is 1. The molecule has 0 radical (unpaired) electrons. The van der Waals surface area contributed by atoms with Gasteiger partial charge in [0.05, 0.1) is 30.0 Å². The minimum absolute atomic E-state index is 0.0436. The van der Waals surface area contributed by atoms with Crippen molar-refractivity contribution in [1.82, 2.24) is 4.57 Å². The molecule has 2 aromatic carbocycles. The third-order valence-corrected chi connectivity index (χ3v) is 5.57. The number of hydrogen-bond donors (Lipinski definition) is 1. The number of aromatic nitrogens is 1. The fraction of sp³-hybridized carbons (Fsp3) is 0.304. The van der Waals surface area contributed by atoms with E-state index in [4.69, 9.17) is 4.74 Å². The van der Waals surface area contributed by atoms with Crippen LogP contribution in [0.1, 0.15) is 17.3 Å². The smallest absolute Gasteiger partial charge is 0.261 e. The fourth-order valence-corrected chi connectivity index (χ4v) is 3.91. The number of aromatic hydroxyl groups is 1. The van der Waals surface area contributed by atoms with Crippen molar-refractivity contribution in [2.45, 2.75) is 13.5 Å². The van der Waals surface area contributed by atoms with Gasteiger partial charge in [0.1, 0.15) is 5.75 Å². The lowest BCUT2D eigenvalue weighted by Gasteiger charge is -2.30. The summed E-state index contributed by atoms with van der Waals surface area (Å²) in [5.41, 5.74) is 2.57. The Hall–Kier alpha value is -3.32. The second-order valence-electron chi connectivity index (χ2n) is 7.29. The summed E-state index contributed by atoms with van der Waals surface area (Å²) in [4.78, 5) is 29.3. The van der Waals surface area contributed by atoms with Crippen molar-refractivity contribution in [1.29, 1.82) is 0 Å². The molecule has 0 saturated carbocycles. The maximum absolute atomic E-state index is 12.9. The molecule has 3 aromatic rings. The Labute approximate surface area is 174 Å². The third-order valence-electron chi connectivity index (χ3n) is 5.57. The van der Waals surface area contributed by atoms with Crippen LogP contribution in [-0.2, 0) is 11.3 Å². The molecule has 0 aliphatic carbocycles. The second-order valence-corrected chi connectivity index (χ2v) is 7.29. The molecule has 1 amide bonds. The maximum atomic E-state index is 12.9. The topological polar surface area (TPSA) is 75.0 Å².